The average molecular weight is 409 g/mol. The third-order valence-corrected chi connectivity index (χ3v) is 5.89. The first-order valence-electron chi connectivity index (χ1n) is 9.78. The Morgan fingerprint density at radius 2 is 2.10 bits per heavy atom. The number of amides is 1. The van der Waals surface area contributed by atoms with Gasteiger partial charge in [0.1, 0.15) is 5.75 Å². The summed E-state index contributed by atoms with van der Waals surface area (Å²) in [6, 6.07) is 18.2. The van der Waals surface area contributed by atoms with Gasteiger partial charge in [-0.25, -0.2) is 4.98 Å². The van der Waals surface area contributed by atoms with Gasteiger partial charge < -0.3 is 14.8 Å². The molecule has 1 saturated heterocycles. The predicted molar refractivity (Wildman–Crippen MR) is 116 cm³/mol. The lowest BCUT2D eigenvalue weighted by atomic mass is 10.0. The largest absolute Gasteiger partial charge is 0.497 e. The van der Waals surface area contributed by atoms with Crippen LogP contribution in [-0.4, -0.2) is 43.0 Å². The molecule has 0 unspecified atom stereocenters. The lowest BCUT2D eigenvalue weighted by molar-refractivity contribution is -0.119. The number of hydrogen-bond acceptors (Lipinski definition) is 5. The number of pyridine rings is 1. The number of methoxy groups -OCH3 is 1. The van der Waals surface area contributed by atoms with E-state index < -0.39 is 0 Å². The number of fused-ring (bicyclic) bond motifs is 1. The summed E-state index contributed by atoms with van der Waals surface area (Å²) in [4.78, 5) is 17.0. The van der Waals surface area contributed by atoms with Crippen LogP contribution in [0.3, 0.4) is 0 Å². The number of thioether (sulfide) groups is 1. The predicted octanol–water partition coefficient (Wildman–Crippen LogP) is 4.30. The number of benzene rings is 2. The Bertz CT molecular complexity index is 988. The molecule has 3 aromatic rings. The molecule has 2 heterocycles. The number of nitrogens with one attached hydrogen (secondary N) is 1. The van der Waals surface area contributed by atoms with E-state index in [9.17, 15) is 4.79 Å². The number of aromatic nitrogens is 1. The summed E-state index contributed by atoms with van der Waals surface area (Å²) >= 11 is 1.44. The Labute approximate surface area is 174 Å². The summed E-state index contributed by atoms with van der Waals surface area (Å²) in [5, 5.41) is 4.84. The second-order valence-corrected chi connectivity index (χ2v) is 7.98. The number of carbonyl (C=O) groups excluding carboxylic acids is 1. The van der Waals surface area contributed by atoms with Gasteiger partial charge in [0.05, 0.1) is 29.5 Å². The van der Waals surface area contributed by atoms with Crippen molar-refractivity contribution < 1.29 is 14.3 Å². The fourth-order valence-electron chi connectivity index (χ4n) is 3.46. The number of nitrogens with zero attached hydrogens (tertiary/aromatic N) is 1. The van der Waals surface area contributed by atoms with Gasteiger partial charge in [0.15, 0.2) is 0 Å². The van der Waals surface area contributed by atoms with Gasteiger partial charge in [-0.1, -0.05) is 42.1 Å². The minimum absolute atomic E-state index is 0.000648. The zero-order valence-electron chi connectivity index (χ0n) is 16.4. The summed E-state index contributed by atoms with van der Waals surface area (Å²) in [5.41, 5.74) is 3.07. The van der Waals surface area contributed by atoms with E-state index in [4.69, 9.17) is 14.5 Å². The molecule has 150 valence electrons. The molecule has 0 bridgehead atoms. The van der Waals surface area contributed by atoms with Crippen LogP contribution in [0.5, 0.6) is 5.75 Å². The van der Waals surface area contributed by atoms with Crippen LogP contribution in [0.15, 0.2) is 59.6 Å². The fraction of sp³-hybridized carbons (Fsp3) is 0.304. The van der Waals surface area contributed by atoms with Gasteiger partial charge in [0, 0.05) is 24.6 Å². The van der Waals surface area contributed by atoms with E-state index in [-0.39, 0.29) is 12.0 Å². The van der Waals surface area contributed by atoms with Crippen LogP contribution in [0.25, 0.3) is 22.0 Å². The van der Waals surface area contributed by atoms with Crippen molar-refractivity contribution in [3.8, 4) is 16.9 Å². The minimum atomic E-state index is -0.000648. The smallest absolute Gasteiger partial charge is 0.230 e. The van der Waals surface area contributed by atoms with Gasteiger partial charge in [0.2, 0.25) is 5.91 Å². The van der Waals surface area contributed by atoms with Crippen LogP contribution in [0.1, 0.15) is 12.8 Å². The van der Waals surface area contributed by atoms with Crippen LogP contribution in [0.2, 0.25) is 0 Å². The number of ether oxygens (including phenoxy) is 2. The maximum atomic E-state index is 12.3. The number of rotatable bonds is 7. The first-order chi connectivity index (χ1) is 14.2. The van der Waals surface area contributed by atoms with Gasteiger partial charge >= 0.3 is 0 Å². The van der Waals surface area contributed by atoms with Gasteiger partial charge in [-0.3, -0.25) is 4.79 Å². The molecule has 0 radical (unpaired) electrons. The molecular weight excluding hydrogens is 384 g/mol. The molecule has 6 heteroatoms. The topological polar surface area (TPSA) is 60.5 Å². The summed E-state index contributed by atoms with van der Waals surface area (Å²) in [7, 11) is 1.65. The average Bonchev–Trinajstić information content (AvgIpc) is 3.29. The Morgan fingerprint density at radius 3 is 2.86 bits per heavy atom. The van der Waals surface area contributed by atoms with Crippen LogP contribution in [0, 0.1) is 0 Å². The maximum Gasteiger partial charge on any atom is 0.230 e. The molecule has 0 spiro atoms. The Kier molecular flexibility index (Phi) is 6.32. The minimum Gasteiger partial charge on any atom is -0.497 e. The van der Waals surface area contributed by atoms with E-state index in [1.54, 1.807) is 7.11 Å². The molecule has 5 nitrogen and oxygen atoms in total. The monoisotopic (exact) mass is 408 g/mol. The van der Waals surface area contributed by atoms with Crippen molar-refractivity contribution >= 4 is 28.6 Å². The molecule has 2 aromatic carbocycles. The van der Waals surface area contributed by atoms with Crippen molar-refractivity contribution in [2.75, 3.05) is 26.0 Å². The highest BCUT2D eigenvalue weighted by Gasteiger charge is 2.16. The number of carbonyl (C=O) groups is 1. The first-order valence-corrected chi connectivity index (χ1v) is 10.8. The quantitative estimate of drug-likeness (QED) is 0.591. The lowest BCUT2D eigenvalue weighted by Crippen LogP contribution is -2.32. The Hall–Kier alpha value is -2.57. The third kappa shape index (κ3) is 4.89. The second kappa shape index (κ2) is 9.29. The van der Waals surface area contributed by atoms with E-state index in [1.165, 1.54) is 11.8 Å². The van der Waals surface area contributed by atoms with Gasteiger partial charge in [-0.2, -0.15) is 0 Å². The first kappa shape index (κ1) is 19.7. The maximum absolute atomic E-state index is 12.3. The molecule has 1 fully saturated rings. The van der Waals surface area contributed by atoms with Crippen molar-refractivity contribution in [2.45, 2.75) is 24.0 Å². The second-order valence-electron chi connectivity index (χ2n) is 6.98. The zero-order chi connectivity index (χ0) is 20.1. The number of hydrogen-bond donors (Lipinski definition) is 1. The van der Waals surface area contributed by atoms with Crippen LogP contribution in [-0.2, 0) is 9.53 Å². The standard InChI is InChI=1S/C23H24N2O3S/c1-27-17-9-10-19-20(16-6-3-2-4-7-16)13-23(25-21(19)12-17)29-15-22(26)24-14-18-8-5-11-28-18/h2-4,6-7,9-10,12-13,18H,5,8,11,14-15H2,1H3,(H,24,26)/t18-/m0/s1. The van der Waals surface area contributed by atoms with Gasteiger partial charge in [0.25, 0.3) is 0 Å². The summed E-state index contributed by atoms with van der Waals surface area (Å²) in [5.74, 6) is 1.09. The van der Waals surface area contributed by atoms with Crippen LogP contribution in [0.4, 0.5) is 0 Å². The van der Waals surface area contributed by atoms with Crippen LogP contribution < -0.4 is 10.1 Å². The molecule has 0 saturated carbocycles. The molecule has 1 atom stereocenters. The Morgan fingerprint density at radius 1 is 1.24 bits per heavy atom. The molecule has 4 rings (SSSR count). The molecule has 1 aliphatic rings. The van der Waals surface area contributed by atoms with Crippen molar-refractivity contribution in [3.05, 3.63) is 54.6 Å². The normalized spacial score (nSPS) is 16.1. The highest BCUT2D eigenvalue weighted by atomic mass is 32.2. The molecule has 1 N–H and O–H groups in total. The molecule has 29 heavy (non-hydrogen) atoms. The van der Waals surface area contributed by atoms with Crippen molar-refractivity contribution in [2.24, 2.45) is 0 Å². The highest BCUT2D eigenvalue weighted by Crippen LogP contribution is 2.33. The van der Waals surface area contributed by atoms with E-state index in [1.807, 2.05) is 36.4 Å². The summed E-state index contributed by atoms with van der Waals surface area (Å²) in [6.07, 6.45) is 2.24. The zero-order valence-corrected chi connectivity index (χ0v) is 17.2. The molecule has 1 amide bonds. The van der Waals surface area contributed by atoms with Crippen molar-refractivity contribution in [1.29, 1.82) is 0 Å². The van der Waals surface area contributed by atoms with Gasteiger partial charge in [-0.05, 0) is 42.2 Å². The Balaban J connectivity index is 1.54. The van der Waals surface area contributed by atoms with E-state index in [0.29, 0.717) is 12.3 Å². The fourth-order valence-corrected chi connectivity index (χ4v) is 4.21. The van der Waals surface area contributed by atoms with Crippen molar-refractivity contribution in [1.82, 2.24) is 10.3 Å². The molecule has 1 aromatic heterocycles. The van der Waals surface area contributed by atoms with E-state index >= 15 is 0 Å². The van der Waals surface area contributed by atoms with Crippen LogP contribution >= 0.6 is 11.8 Å². The lowest BCUT2D eigenvalue weighted by Gasteiger charge is -2.12. The molecule has 0 aliphatic carbocycles. The molecular formula is C23H24N2O3S. The highest BCUT2D eigenvalue weighted by molar-refractivity contribution is 7.99. The summed E-state index contributed by atoms with van der Waals surface area (Å²) < 4.78 is 10.9. The van der Waals surface area contributed by atoms with Gasteiger partial charge in [-0.15, -0.1) is 0 Å². The summed E-state index contributed by atoms with van der Waals surface area (Å²) in [6.45, 7) is 1.37. The third-order valence-electron chi connectivity index (χ3n) is 4.98. The van der Waals surface area contributed by atoms with Crippen molar-refractivity contribution in [3.63, 3.8) is 0 Å². The molecule has 1 aliphatic heterocycles. The SMILES string of the molecule is COc1ccc2c(-c3ccccc3)cc(SCC(=O)NC[C@@H]3CCCO3)nc2c1. The van der Waals surface area contributed by atoms with E-state index in [2.05, 4.69) is 23.5 Å². The van der Waals surface area contributed by atoms with E-state index in [0.717, 1.165) is 52.3 Å².